The molecule has 0 spiro atoms. The Hall–Kier alpha value is -1.55. The molecule has 0 unspecified atom stereocenters. The fourth-order valence-electron chi connectivity index (χ4n) is 2.23. The molecule has 0 heterocycles. The fraction of sp³-hybridized carbons (Fsp3) is 0.533. The van der Waals surface area contributed by atoms with Crippen molar-refractivity contribution in [1.29, 1.82) is 0 Å². The van der Waals surface area contributed by atoms with Crippen molar-refractivity contribution in [2.75, 3.05) is 27.3 Å². The third kappa shape index (κ3) is 3.47. The summed E-state index contributed by atoms with van der Waals surface area (Å²) in [6.07, 6.45) is 0.868. The molecule has 0 aliphatic heterocycles. The van der Waals surface area contributed by atoms with E-state index in [0.29, 0.717) is 13.1 Å². The van der Waals surface area contributed by atoms with Crippen LogP contribution in [0, 0.1) is 6.92 Å². The number of ether oxygens (including phenoxy) is 2. The van der Waals surface area contributed by atoms with Crippen LogP contribution in [0.25, 0.3) is 0 Å². The van der Waals surface area contributed by atoms with Gasteiger partial charge >= 0.3 is 0 Å². The summed E-state index contributed by atoms with van der Waals surface area (Å²) in [5, 5.41) is 3.12. The third-order valence-corrected chi connectivity index (χ3v) is 3.30. The van der Waals surface area contributed by atoms with Gasteiger partial charge in [-0.15, -0.1) is 0 Å². The normalized spacial score (nSPS) is 11.2. The van der Waals surface area contributed by atoms with E-state index >= 15 is 0 Å². The van der Waals surface area contributed by atoms with Crippen molar-refractivity contribution >= 4 is 6.29 Å². The standard InChI is InChI=1S/C15H23NO3/c1-11-13(18-4)7-6-12(14(11)19-5)15(2,3)10-16-8-9-17/h6-7,9,16H,8,10H2,1-5H3. The lowest BCUT2D eigenvalue weighted by atomic mass is 9.82. The van der Waals surface area contributed by atoms with E-state index in [1.807, 2.05) is 19.1 Å². The van der Waals surface area contributed by atoms with E-state index in [2.05, 4.69) is 19.2 Å². The van der Waals surface area contributed by atoms with Crippen molar-refractivity contribution in [2.45, 2.75) is 26.2 Å². The molecule has 1 rings (SSSR count). The molecule has 0 atom stereocenters. The van der Waals surface area contributed by atoms with Gasteiger partial charge in [0.1, 0.15) is 17.8 Å². The average Bonchev–Trinajstić information content (AvgIpc) is 2.38. The molecule has 0 bridgehead atoms. The van der Waals surface area contributed by atoms with Gasteiger partial charge < -0.3 is 19.6 Å². The number of rotatable bonds is 7. The third-order valence-electron chi connectivity index (χ3n) is 3.30. The van der Waals surface area contributed by atoms with Crippen LogP contribution >= 0.6 is 0 Å². The van der Waals surface area contributed by atoms with Crippen LogP contribution in [0.15, 0.2) is 12.1 Å². The number of aldehydes is 1. The van der Waals surface area contributed by atoms with E-state index in [1.54, 1.807) is 14.2 Å². The van der Waals surface area contributed by atoms with E-state index in [1.165, 1.54) is 0 Å². The summed E-state index contributed by atoms with van der Waals surface area (Å²) < 4.78 is 10.8. The van der Waals surface area contributed by atoms with Crippen molar-refractivity contribution < 1.29 is 14.3 Å². The van der Waals surface area contributed by atoms with Gasteiger partial charge in [-0.25, -0.2) is 0 Å². The van der Waals surface area contributed by atoms with Gasteiger partial charge in [0, 0.05) is 23.1 Å². The van der Waals surface area contributed by atoms with Crippen LogP contribution in [0.2, 0.25) is 0 Å². The van der Waals surface area contributed by atoms with Crippen molar-refractivity contribution in [2.24, 2.45) is 0 Å². The predicted molar refractivity (Wildman–Crippen MR) is 76.2 cm³/mol. The average molecular weight is 265 g/mol. The second kappa shape index (κ2) is 6.57. The van der Waals surface area contributed by atoms with E-state index in [-0.39, 0.29) is 5.41 Å². The number of carbonyl (C=O) groups is 1. The van der Waals surface area contributed by atoms with Crippen molar-refractivity contribution in [3.63, 3.8) is 0 Å². The van der Waals surface area contributed by atoms with E-state index < -0.39 is 0 Å². The lowest BCUT2D eigenvalue weighted by Gasteiger charge is -2.28. The molecule has 0 aliphatic rings. The van der Waals surface area contributed by atoms with Crippen molar-refractivity contribution in [1.82, 2.24) is 5.32 Å². The molecule has 0 aliphatic carbocycles. The van der Waals surface area contributed by atoms with Gasteiger partial charge in [0.05, 0.1) is 20.8 Å². The number of benzene rings is 1. The molecule has 1 N–H and O–H groups in total. The molecule has 0 amide bonds. The topological polar surface area (TPSA) is 47.6 Å². The Labute approximate surface area is 115 Å². The number of carbonyl (C=O) groups excluding carboxylic acids is 1. The number of nitrogens with one attached hydrogen (secondary N) is 1. The number of methoxy groups -OCH3 is 2. The zero-order valence-corrected chi connectivity index (χ0v) is 12.4. The van der Waals surface area contributed by atoms with Crippen molar-refractivity contribution in [3.05, 3.63) is 23.3 Å². The summed E-state index contributed by atoms with van der Waals surface area (Å²) in [5.41, 5.74) is 1.96. The summed E-state index contributed by atoms with van der Waals surface area (Å²) in [5.74, 6) is 1.66. The molecule has 19 heavy (non-hydrogen) atoms. The fourth-order valence-corrected chi connectivity index (χ4v) is 2.23. The molecule has 0 aromatic heterocycles. The molecule has 1 aromatic rings. The van der Waals surface area contributed by atoms with Gasteiger partial charge in [0.25, 0.3) is 0 Å². The van der Waals surface area contributed by atoms with E-state index in [9.17, 15) is 4.79 Å². The molecule has 4 heteroatoms. The molecule has 1 aromatic carbocycles. The minimum atomic E-state index is -0.134. The first-order valence-electron chi connectivity index (χ1n) is 6.34. The Morgan fingerprint density at radius 1 is 1.26 bits per heavy atom. The predicted octanol–water partition coefficient (Wildman–Crippen LogP) is 2.08. The van der Waals surface area contributed by atoms with Crippen LogP contribution in [-0.2, 0) is 10.2 Å². The maximum absolute atomic E-state index is 10.4. The summed E-state index contributed by atoms with van der Waals surface area (Å²) in [6.45, 7) is 7.29. The van der Waals surface area contributed by atoms with Crippen LogP contribution in [-0.4, -0.2) is 33.6 Å². The second-order valence-electron chi connectivity index (χ2n) is 5.16. The monoisotopic (exact) mass is 265 g/mol. The van der Waals surface area contributed by atoms with Crippen LogP contribution in [0.1, 0.15) is 25.0 Å². The molecular weight excluding hydrogens is 242 g/mol. The maximum atomic E-state index is 10.4. The maximum Gasteiger partial charge on any atom is 0.133 e. The minimum Gasteiger partial charge on any atom is -0.496 e. The van der Waals surface area contributed by atoms with E-state index in [4.69, 9.17) is 9.47 Å². The Morgan fingerprint density at radius 2 is 1.95 bits per heavy atom. The highest BCUT2D eigenvalue weighted by Gasteiger charge is 2.26. The zero-order valence-electron chi connectivity index (χ0n) is 12.4. The molecule has 0 fully saturated rings. The zero-order chi connectivity index (χ0) is 14.5. The van der Waals surface area contributed by atoms with Crippen LogP contribution < -0.4 is 14.8 Å². The largest absolute Gasteiger partial charge is 0.496 e. The van der Waals surface area contributed by atoms with E-state index in [0.717, 1.165) is 28.9 Å². The highest BCUT2D eigenvalue weighted by atomic mass is 16.5. The van der Waals surface area contributed by atoms with Gasteiger partial charge in [0.2, 0.25) is 0 Å². The Kier molecular flexibility index (Phi) is 5.36. The molecule has 106 valence electrons. The first kappa shape index (κ1) is 15.5. The SMILES string of the molecule is COc1ccc(C(C)(C)CNCC=O)c(OC)c1C. The summed E-state index contributed by atoms with van der Waals surface area (Å²) in [7, 11) is 3.32. The Balaban J connectivity index is 3.11. The van der Waals surface area contributed by atoms with Gasteiger partial charge in [-0.2, -0.15) is 0 Å². The summed E-state index contributed by atoms with van der Waals surface area (Å²) >= 11 is 0. The molecule has 4 nitrogen and oxygen atoms in total. The van der Waals surface area contributed by atoms with Gasteiger partial charge in [-0.3, -0.25) is 0 Å². The smallest absolute Gasteiger partial charge is 0.133 e. The lowest BCUT2D eigenvalue weighted by molar-refractivity contribution is -0.107. The van der Waals surface area contributed by atoms with Crippen molar-refractivity contribution in [3.8, 4) is 11.5 Å². The van der Waals surface area contributed by atoms with Crippen LogP contribution in [0.5, 0.6) is 11.5 Å². The molecule has 0 radical (unpaired) electrons. The van der Waals surface area contributed by atoms with Gasteiger partial charge in [0.15, 0.2) is 0 Å². The van der Waals surface area contributed by atoms with Gasteiger partial charge in [-0.05, 0) is 13.0 Å². The number of hydrogen-bond acceptors (Lipinski definition) is 4. The first-order chi connectivity index (χ1) is 8.97. The second-order valence-corrected chi connectivity index (χ2v) is 5.16. The van der Waals surface area contributed by atoms with Gasteiger partial charge in [-0.1, -0.05) is 19.9 Å². The summed E-state index contributed by atoms with van der Waals surface area (Å²) in [6, 6.07) is 3.97. The molecular formula is C15H23NO3. The lowest BCUT2D eigenvalue weighted by Crippen LogP contribution is -2.34. The molecule has 0 saturated heterocycles. The highest BCUT2D eigenvalue weighted by molar-refractivity contribution is 5.53. The van der Waals surface area contributed by atoms with Crippen LogP contribution in [0.3, 0.4) is 0 Å². The quantitative estimate of drug-likeness (QED) is 0.605. The van der Waals surface area contributed by atoms with Crippen LogP contribution in [0.4, 0.5) is 0 Å². The molecule has 0 saturated carbocycles. The Morgan fingerprint density at radius 3 is 2.47 bits per heavy atom. The first-order valence-corrected chi connectivity index (χ1v) is 6.34. The summed E-state index contributed by atoms with van der Waals surface area (Å²) in [4.78, 5) is 10.4. The minimum absolute atomic E-state index is 0.134. The number of hydrogen-bond donors (Lipinski definition) is 1. The highest BCUT2D eigenvalue weighted by Crippen LogP contribution is 2.37. The Bertz CT molecular complexity index is 441.